The van der Waals surface area contributed by atoms with Crippen LogP contribution in [-0.4, -0.2) is 26.7 Å². The van der Waals surface area contributed by atoms with Crippen molar-refractivity contribution in [3.8, 4) is 0 Å². The van der Waals surface area contributed by atoms with Crippen LogP contribution in [0.4, 0.5) is 0 Å². The fraction of sp³-hybridized carbons (Fsp3) is 0.278. The molecule has 0 saturated heterocycles. The average Bonchev–Trinajstić information content (AvgIpc) is 3.31. The quantitative estimate of drug-likeness (QED) is 0.726. The van der Waals surface area contributed by atoms with Crippen LogP contribution >= 0.6 is 11.8 Å². The fourth-order valence-electron chi connectivity index (χ4n) is 2.59. The van der Waals surface area contributed by atoms with E-state index in [2.05, 4.69) is 10.4 Å². The minimum atomic E-state index is -0.00140. The van der Waals surface area contributed by atoms with Crippen molar-refractivity contribution >= 4 is 28.6 Å². The Morgan fingerprint density at radius 3 is 2.92 bits per heavy atom. The number of thioether (sulfide) groups is 1. The third-order valence-corrected chi connectivity index (χ3v) is 5.09. The van der Waals surface area contributed by atoms with E-state index >= 15 is 0 Å². The lowest BCUT2D eigenvalue weighted by Gasteiger charge is -2.10. The highest BCUT2D eigenvalue weighted by Crippen LogP contribution is 2.27. The number of carbonyl (C=O) groups excluding carboxylic acids is 1. The average molecular weight is 338 g/mol. The first-order chi connectivity index (χ1) is 11.7. The van der Waals surface area contributed by atoms with Crippen molar-refractivity contribution in [2.75, 3.05) is 0 Å². The normalized spacial score (nSPS) is 14.0. The Morgan fingerprint density at radius 1 is 1.33 bits per heavy atom. The lowest BCUT2D eigenvalue weighted by atomic mass is 10.1. The summed E-state index contributed by atoms with van der Waals surface area (Å²) in [4.78, 5) is 17.3. The van der Waals surface area contributed by atoms with Gasteiger partial charge in [0.25, 0.3) is 5.91 Å². The molecule has 0 atom stereocenters. The Hall–Kier alpha value is -2.34. The summed E-state index contributed by atoms with van der Waals surface area (Å²) >= 11 is 1.62. The number of aryl methyl sites for hydroxylation is 1. The van der Waals surface area contributed by atoms with E-state index in [0.29, 0.717) is 11.6 Å². The number of aromatic nitrogens is 3. The second-order valence-corrected chi connectivity index (χ2v) is 7.00. The summed E-state index contributed by atoms with van der Waals surface area (Å²) in [5, 5.41) is 9.02. The van der Waals surface area contributed by atoms with Gasteiger partial charge in [-0.1, -0.05) is 18.2 Å². The zero-order valence-corrected chi connectivity index (χ0v) is 14.2. The van der Waals surface area contributed by atoms with Crippen molar-refractivity contribution in [3.05, 3.63) is 53.9 Å². The molecule has 1 fully saturated rings. The Bertz CT molecular complexity index is 901. The molecule has 1 aliphatic carbocycles. The van der Waals surface area contributed by atoms with Crippen LogP contribution in [0.3, 0.4) is 0 Å². The van der Waals surface area contributed by atoms with Crippen LogP contribution in [0.1, 0.15) is 28.9 Å². The van der Waals surface area contributed by atoms with E-state index in [0.717, 1.165) is 40.2 Å². The number of amides is 1. The first-order valence-electron chi connectivity index (χ1n) is 8.01. The molecule has 6 heteroatoms. The van der Waals surface area contributed by atoms with E-state index in [1.165, 1.54) is 0 Å². The number of benzene rings is 1. The van der Waals surface area contributed by atoms with Gasteiger partial charge in [0.15, 0.2) is 0 Å². The number of para-hydroxylation sites is 1. The van der Waals surface area contributed by atoms with Crippen molar-refractivity contribution in [1.82, 2.24) is 20.1 Å². The van der Waals surface area contributed by atoms with Gasteiger partial charge in [-0.25, -0.2) is 4.98 Å². The summed E-state index contributed by atoms with van der Waals surface area (Å²) in [5.74, 6) is 0.768. The van der Waals surface area contributed by atoms with E-state index in [4.69, 9.17) is 4.98 Å². The smallest absolute Gasteiger partial charge is 0.252 e. The predicted molar refractivity (Wildman–Crippen MR) is 95.0 cm³/mol. The summed E-state index contributed by atoms with van der Waals surface area (Å²) in [6, 6.07) is 12.1. The molecule has 2 heterocycles. The number of nitrogens with zero attached hydrogens (tertiary/aromatic N) is 3. The third kappa shape index (κ3) is 3.14. The molecule has 24 heavy (non-hydrogen) atoms. The zero-order chi connectivity index (χ0) is 16.5. The van der Waals surface area contributed by atoms with Crippen molar-refractivity contribution in [1.29, 1.82) is 0 Å². The van der Waals surface area contributed by atoms with E-state index < -0.39 is 0 Å². The molecule has 0 unspecified atom stereocenters. The van der Waals surface area contributed by atoms with Gasteiger partial charge < -0.3 is 5.32 Å². The summed E-state index contributed by atoms with van der Waals surface area (Å²) in [7, 11) is 1.93. The second kappa shape index (κ2) is 6.28. The summed E-state index contributed by atoms with van der Waals surface area (Å²) < 4.78 is 1.86. The predicted octanol–water partition coefficient (Wildman–Crippen LogP) is 3.15. The molecule has 122 valence electrons. The molecular formula is C18H18N4OS. The minimum Gasteiger partial charge on any atom is -0.349 e. The van der Waals surface area contributed by atoms with E-state index in [-0.39, 0.29) is 5.91 Å². The molecule has 4 rings (SSSR count). The molecule has 2 aromatic heterocycles. The largest absolute Gasteiger partial charge is 0.349 e. The number of hydrogen-bond acceptors (Lipinski definition) is 4. The highest BCUT2D eigenvalue weighted by molar-refractivity contribution is 7.98. The van der Waals surface area contributed by atoms with Crippen molar-refractivity contribution in [2.24, 2.45) is 7.05 Å². The van der Waals surface area contributed by atoms with E-state index in [1.54, 1.807) is 18.0 Å². The Balaban J connectivity index is 1.65. The van der Waals surface area contributed by atoms with Gasteiger partial charge in [0.05, 0.1) is 16.1 Å². The van der Waals surface area contributed by atoms with Gasteiger partial charge in [0.2, 0.25) is 0 Å². The third-order valence-electron chi connectivity index (χ3n) is 4.14. The van der Waals surface area contributed by atoms with Gasteiger partial charge in [-0.05, 0) is 31.0 Å². The van der Waals surface area contributed by atoms with Gasteiger partial charge in [-0.3, -0.25) is 9.48 Å². The maximum Gasteiger partial charge on any atom is 0.252 e. The van der Waals surface area contributed by atoms with Crippen LogP contribution in [0.5, 0.6) is 0 Å². The molecule has 5 nitrogen and oxygen atoms in total. The maximum atomic E-state index is 12.6. The zero-order valence-electron chi connectivity index (χ0n) is 13.4. The molecule has 1 aromatic carbocycles. The molecule has 0 aliphatic heterocycles. The molecule has 0 spiro atoms. The SMILES string of the molecule is Cn1nccc1CSc1cc(C(=O)NC2CC2)c2ccccc2n1. The number of fused-ring (bicyclic) bond motifs is 1. The number of pyridine rings is 1. The van der Waals surface area contributed by atoms with Gasteiger partial charge in [0.1, 0.15) is 0 Å². The molecule has 3 aromatic rings. The van der Waals surface area contributed by atoms with E-state index in [1.807, 2.05) is 48.1 Å². The van der Waals surface area contributed by atoms with Crippen LogP contribution in [-0.2, 0) is 12.8 Å². The van der Waals surface area contributed by atoms with Crippen LogP contribution in [0, 0.1) is 0 Å². The Kier molecular flexibility index (Phi) is 3.98. The van der Waals surface area contributed by atoms with Gasteiger partial charge in [0, 0.05) is 36.1 Å². The molecule has 1 saturated carbocycles. The highest BCUT2D eigenvalue weighted by atomic mass is 32.2. The van der Waals surface area contributed by atoms with Crippen molar-refractivity contribution < 1.29 is 4.79 Å². The molecule has 0 bridgehead atoms. The van der Waals surface area contributed by atoms with Gasteiger partial charge >= 0.3 is 0 Å². The maximum absolute atomic E-state index is 12.6. The Labute approximate surface area is 144 Å². The number of hydrogen-bond donors (Lipinski definition) is 1. The molecule has 1 amide bonds. The topological polar surface area (TPSA) is 59.8 Å². The van der Waals surface area contributed by atoms with Gasteiger partial charge in [-0.15, -0.1) is 11.8 Å². The van der Waals surface area contributed by atoms with Crippen LogP contribution < -0.4 is 5.32 Å². The number of nitrogens with one attached hydrogen (secondary N) is 1. The number of carbonyl (C=O) groups is 1. The highest BCUT2D eigenvalue weighted by Gasteiger charge is 2.25. The van der Waals surface area contributed by atoms with Crippen molar-refractivity contribution in [2.45, 2.75) is 29.7 Å². The first kappa shape index (κ1) is 15.2. The lowest BCUT2D eigenvalue weighted by Crippen LogP contribution is -2.25. The summed E-state index contributed by atoms with van der Waals surface area (Å²) in [6.45, 7) is 0. The first-order valence-corrected chi connectivity index (χ1v) is 8.99. The fourth-order valence-corrected chi connectivity index (χ4v) is 3.54. The summed E-state index contributed by atoms with van der Waals surface area (Å²) in [6.07, 6.45) is 3.95. The Morgan fingerprint density at radius 2 is 2.17 bits per heavy atom. The van der Waals surface area contributed by atoms with Gasteiger partial charge in [-0.2, -0.15) is 5.10 Å². The van der Waals surface area contributed by atoms with Crippen LogP contribution in [0.15, 0.2) is 47.6 Å². The standard InChI is InChI=1S/C18H18N4OS/c1-22-13(8-9-19-22)11-24-17-10-15(18(23)20-12-6-7-12)14-4-2-3-5-16(14)21-17/h2-5,8-10,12H,6-7,11H2,1H3,(H,20,23). The minimum absolute atomic E-state index is 0.00140. The molecular weight excluding hydrogens is 320 g/mol. The monoisotopic (exact) mass is 338 g/mol. The second-order valence-electron chi connectivity index (χ2n) is 6.01. The molecule has 1 N–H and O–H groups in total. The molecule has 1 aliphatic rings. The van der Waals surface area contributed by atoms with Crippen LogP contribution in [0.2, 0.25) is 0 Å². The van der Waals surface area contributed by atoms with Crippen molar-refractivity contribution in [3.63, 3.8) is 0 Å². The van der Waals surface area contributed by atoms with E-state index in [9.17, 15) is 4.79 Å². The number of rotatable bonds is 5. The molecule has 0 radical (unpaired) electrons. The lowest BCUT2D eigenvalue weighted by molar-refractivity contribution is 0.0952. The summed E-state index contributed by atoms with van der Waals surface area (Å²) in [5.41, 5.74) is 2.69. The van der Waals surface area contributed by atoms with Crippen LogP contribution in [0.25, 0.3) is 10.9 Å².